The lowest BCUT2D eigenvalue weighted by Crippen LogP contribution is -2.31. The summed E-state index contributed by atoms with van der Waals surface area (Å²) in [5.41, 5.74) is 2.79. The van der Waals surface area contributed by atoms with Gasteiger partial charge in [-0.15, -0.1) is 0 Å². The zero-order chi connectivity index (χ0) is 13.7. The zero-order valence-corrected chi connectivity index (χ0v) is 12.7. The predicted octanol–water partition coefficient (Wildman–Crippen LogP) is 4.26. The van der Waals surface area contributed by atoms with Crippen molar-refractivity contribution < 1.29 is 0 Å². The Balaban J connectivity index is 2.13. The van der Waals surface area contributed by atoms with Crippen molar-refractivity contribution in [3.05, 3.63) is 29.6 Å². The largest absolute Gasteiger partial charge is 0.310 e. The van der Waals surface area contributed by atoms with Crippen LogP contribution in [0.4, 0.5) is 0 Å². The molecular formula is C17H28N2. The summed E-state index contributed by atoms with van der Waals surface area (Å²) >= 11 is 0. The number of pyridine rings is 1. The molecule has 1 saturated carbocycles. The van der Waals surface area contributed by atoms with Gasteiger partial charge in [-0.05, 0) is 61.8 Å². The van der Waals surface area contributed by atoms with E-state index in [9.17, 15) is 0 Å². The fourth-order valence-corrected chi connectivity index (χ4v) is 3.28. The lowest BCUT2D eigenvalue weighted by atomic mass is 9.77. The van der Waals surface area contributed by atoms with E-state index in [0.717, 1.165) is 18.4 Å². The van der Waals surface area contributed by atoms with Crippen molar-refractivity contribution >= 4 is 0 Å². The molecule has 1 aliphatic carbocycles. The standard InChI is InChI=1S/C17H28N2/c1-4-10-19-17(15-7-5-13(2)6-8-15)16-9-11-18-12-14(16)3/h9,11-13,15,17,19H,4-8,10H2,1-3H3. The summed E-state index contributed by atoms with van der Waals surface area (Å²) in [7, 11) is 0. The Morgan fingerprint density at radius 2 is 2.05 bits per heavy atom. The predicted molar refractivity (Wildman–Crippen MR) is 81.1 cm³/mol. The number of hydrogen-bond acceptors (Lipinski definition) is 2. The third-order valence-electron chi connectivity index (χ3n) is 4.54. The van der Waals surface area contributed by atoms with E-state index in [4.69, 9.17) is 0 Å². The molecule has 1 atom stereocenters. The van der Waals surface area contributed by atoms with Crippen LogP contribution < -0.4 is 5.32 Å². The maximum absolute atomic E-state index is 4.24. The Morgan fingerprint density at radius 1 is 1.32 bits per heavy atom. The number of aromatic nitrogens is 1. The fraction of sp³-hybridized carbons (Fsp3) is 0.706. The number of nitrogens with one attached hydrogen (secondary N) is 1. The third kappa shape index (κ3) is 3.79. The molecule has 2 nitrogen and oxygen atoms in total. The van der Waals surface area contributed by atoms with Crippen LogP contribution in [-0.4, -0.2) is 11.5 Å². The maximum atomic E-state index is 4.24. The van der Waals surface area contributed by atoms with Gasteiger partial charge in [0.15, 0.2) is 0 Å². The quantitative estimate of drug-likeness (QED) is 0.855. The summed E-state index contributed by atoms with van der Waals surface area (Å²) < 4.78 is 0. The SMILES string of the molecule is CCCNC(c1ccncc1C)C1CCC(C)CC1. The van der Waals surface area contributed by atoms with E-state index in [1.807, 2.05) is 12.4 Å². The van der Waals surface area contributed by atoms with Crippen LogP contribution in [0.15, 0.2) is 18.5 Å². The van der Waals surface area contributed by atoms with E-state index >= 15 is 0 Å². The summed E-state index contributed by atoms with van der Waals surface area (Å²) in [4.78, 5) is 4.24. The molecule has 2 rings (SSSR count). The molecule has 0 amide bonds. The van der Waals surface area contributed by atoms with Gasteiger partial charge in [0.25, 0.3) is 0 Å². The molecule has 1 aromatic heterocycles. The first-order valence-electron chi connectivity index (χ1n) is 7.86. The highest BCUT2D eigenvalue weighted by atomic mass is 14.9. The molecule has 19 heavy (non-hydrogen) atoms. The van der Waals surface area contributed by atoms with Gasteiger partial charge in [0.2, 0.25) is 0 Å². The molecule has 0 bridgehead atoms. The van der Waals surface area contributed by atoms with Crippen LogP contribution in [0.3, 0.4) is 0 Å². The second kappa shape index (κ2) is 7.04. The van der Waals surface area contributed by atoms with Crippen molar-refractivity contribution in [2.24, 2.45) is 11.8 Å². The molecule has 1 N–H and O–H groups in total. The van der Waals surface area contributed by atoms with Crippen molar-refractivity contribution in [1.82, 2.24) is 10.3 Å². The molecule has 0 aromatic carbocycles. The first-order valence-corrected chi connectivity index (χ1v) is 7.86. The Bertz CT molecular complexity index is 381. The van der Waals surface area contributed by atoms with Crippen LogP contribution in [0.5, 0.6) is 0 Å². The minimum Gasteiger partial charge on any atom is -0.310 e. The lowest BCUT2D eigenvalue weighted by molar-refractivity contribution is 0.231. The summed E-state index contributed by atoms with van der Waals surface area (Å²) in [6.07, 6.45) is 10.6. The van der Waals surface area contributed by atoms with Crippen molar-refractivity contribution in [3.63, 3.8) is 0 Å². The van der Waals surface area contributed by atoms with Crippen LogP contribution in [0.1, 0.15) is 63.1 Å². The Morgan fingerprint density at radius 3 is 2.68 bits per heavy atom. The van der Waals surface area contributed by atoms with Gasteiger partial charge in [-0.25, -0.2) is 0 Å². The smallest absolute Gasteiger partial charge is 0.0352 e. The molecule has 2 heteroatoms. The second-order valence-electron chi connectivity index (χ2n) is 6.18. The van der Waals surface area contributed by atoms with Gasteiger partial charge in [-0.1, -0.05) is 26.7 Å². The zero-order valence-electron chi connectivity index (χ0n) is 12.7. The molecular weight excluding hydrogens is 232 g/mol. The van der Waals surface area contributed by atoms with Crippen LogP contribution in [-0.2, 0) is 0 Å². The highest BCUT2D eigenvalue weighted by molar-refractivity contribution is 5.26. The monoisotopic (exact) mass is 260 g/mol. The minimum absolute atomic E-state index is 0.524. The number of nitrogens with zero attached hydrogens (tertiary/aromatic N) is 1. The van der Waals surface area contributed by atoms with Crippen LogP contribution in [0.2, 0.25) is 0 Å². The second-order valence-corrected chi connectivity index (χ2v) is 6.18. The van der Waals surface area contributed by atoms with Gasteiger partial charge in [0, 0.05) is 18.4 Å². The normalized spacial score (nSPS) is 25.2. The molecule has 0 aliphatic heterocycles. The van der Waals surface area contributed by atoms with Crippen molar-refractivity contribution in [2.75, 3.05) is 6.54 Å². The topological polar surface area (TPSA) is 24.9 Å². The molecule has 0 radical (unpaired) electrons. The van der Waals surface area contributed by atoms with Gasteiger partial charge < -0.3 is 5.32 Å². The first-order chi connectivity index (χ1) is 9.22. The number of hydrogen-bond donors (Lipinski definition) is 1. The highest BCUT2D eigenvalue weighted by Gasteiger charge is 2.27. The Labute approximate surface area is 118 Å². The molecule has 1 aromatic rings. The van der Waals surface area contributed by atoms with Crippen LogP contribution >= 0.6 is 0 Å². The van der Waals surface area contributed by atoms with Crippen molar-refractivity contribution in [1.29, 1.82) is 0 Å². The van der Waals surface area contributed by atoms with Crippen molar-refractivity contribution in [3.8, 4) is 0 Å². The van der Waals surface area contributed by atoms with Gasteiger partial charge >= 0.3 is 0 Å². The van der Waals surface area contributed by atoms with Crippen molar-refractivity contribution in [2.45, 2.75) is 58.9 Å². The van der Waals surface area contributed by atoms with E-state index in [1.165, 1.54) is 43.2 Å². The fourth-order valence-electron chi connectivity index (χ4n) is 3.28. The van der Waals surface area contributed by atoms with Gasteiger partial charge in [-0.2, -0.15) is 0 Å². The average molecular weight is 260 g/mol. The van der Waals surface area contributed by atoms with Crippen LogP contribution in [0.25, 0.3) is 0 Å². The van der Waals surface area contributed by atoms with E-state index < -0.39 is 0 Å². The van der Waals surface area contributed by atoms with Gasteiger partial charge in [-0.3, -0.25) is 4.98 Å². The molecule has 0 saturated heterocycles. The lowest BCUT2D eigenvalue weighted by Gasteiger charge is -2.34. The number of aryl methyl sites for hydroxylation is 1. The maximum Gasteiger partial charge on any atom is 0.0352 e. The molecule has 106 valence electrons. The van der Waals surface area contributed by atoms with E-state index in [-0.39, 0.29) is 0 Å². The summed E-state index contributed by atoms with van der Waals surface area (Å²) in [6.45, 7) is 7.93. The molecule has 1 fully saturated rings. The summed E-state index contributed by atoms with van der Waals surface area (Å²) in [5, 5.41) is 3.78. The average Bonchev–Trinajstić information content (AvgIpc) is 2.43. The third-order valence-corrected chi connectivity index (χ3v) is 4.54. The molecule has 0 spiro atoms. The van der Waals surface area contributed by atoms with Crippen LogP contribution in [0, 0.1) is 18.8 Å². The number of rotatable bonds is 5. The summed E-state index contributed by atoms with van der Waals surface area (Å²) in [6, 6.07) is 2.73. The first kappa shape index (κ1) is 14.5. The minimum atomic E-state index is 0.524. The molecule has 1 unspecified atom stereocenters. The van der Waals surface area contributed by atoms with E-state index in [1.54, 1.807) is 0 Å². The molecule has 1 heterocycles. The highest BCUT2D eigenvalue weighted by Crippen LogP contribution is 2.37. The molecule has 1 aliphatic rings. The van der Waals surface area contributed by atoms with E-state index in [0.29, 0.717) is 6.04 Å². The summed E-state index contributed by atoms with van der Waals surface area (Å²) in [5.74, 6) is 1.71. The van der Waals surface area contributed by atoms with Gasteiger partial charge in [0.1, 0.15) is 0 Å². The van der Waals surface area contributed by atoms with E-state index in [2.05, 4.69) is 37.1 Å². The van der Waals surface area contributed by atoms with Gasteiger partial charge in [0.05, 0.1) is 0 Å². The Hall–Kier alpha value is -0.890. The Kier molecular flexibility index (Phi) is 5.38.